The van der Waals surface area contributed by atoms with E-state index in [-0.39, 0.29) is 0 Å². The highest BCUT2D eigenvalue weighted by Gasteiger charge is 2.75. The van der Waals surface area contributed by atoms with Gasteiger partial charge in [0.05, 0.1) is 0 Å². The molecule has 0 aliphatic heterocycles. The summed E-state index contributed by atoms with van der Waals surface area (Å²) in [5.74, 6) is -11.7. The van der Waals surface area contributed by atoms with Gasteiger partial charge in [0, 0.05) is 20.7 Å². The lowest BCUT2D eigenvalue weighted by Gasteiger charge is -2.33. The van der Waals surface area contributed by atoms with Gasteiger partial charge in [-0.05, 0) is 12.8 Å². The van der Waals surface area contributed by atoms with Crippen LogP contribution in [-0.2, 0) is 29.7 Å². The molecule has 8 nitrogen and oxygen atoms in total. The van der Waals surface area contributed by atoms with Crippen LogP contribution in [0.25, 0.3) is 0 Å². The molecule has 0 saturated carbocycles. The molecule has 0 amide bonds. The molecule has 0 aromatic rings. The first kappa shape index (κ1) is 42.1. The minimum atomic E-state index is -7.20. The van der Waals surface area contributed by atoms with Gasteiger partial charge in [0.15, 0.2) is 0 Å². The van der Waals surface area contributed by atoms with Crippen molar-refractivity contribution in [3.63, 3.8) is 0 Å². The van der Waals surface area contributed by atoms with Crippen LogP contribution in [0, 0.1) is 0 Å². The average molecular weight is 930 g/mol. The van der Waals surface area contributed by atoms with Gasteiger partial charge in [0.1, 0.15) is 0 Å². The van der Waals surface area contributed by atoms with Crippen molar-refractivity contribution in [3.8, 4) is 0 Å². The average Bonchev–Trinajstić information content (AvgIpc) is 2.67. The third-order valence-electron chi connectivity index (χ3n) is 4.44. The van der Waals surface area contributed by atoms with Gasteiger partial charge >= 0.3 is 67.0 Å². The highest BCUT2D eigenvalue weighted by molar-refractivity contribution is 14.1. The zero-order valence-corrected chi connectivity index (χ0v) is 24.9. The van der Waals surface area contributed by atoms with Gasteiger partial charge in [-0.3, -0.25) is 9.11 Å². The van der Waals surface area contributed by atoms with Gasteiger partial charge in [0.2, 0.25) is 0 Å². The fraction of sp³-hybridized carbons (Fsp3) is 1.00. The second kappa shape index (κ2) is 12.7. The van der Waals surface area contributed by atoms with Crippen molar-refractivity contribution in [3.05, 3.63) is 0 Å². The molecule has 2 unspecified atom stereocenters. The Morgan fingerprint density at radius 2 is 0.714 bits per heavy atom. The Labute approximate surface area is 250 Å². The number of rotatable bonds is 17. The SMILES string of the molecule is O=S(=O)(O)C(F)(F)C(F)(F)OC(F)(F)C(F)(F)CC(I)CCC(I)CC(F)(F)C(F)(F)OC(F)(F)C(F)(F)S(=O)(=O)O. The molecule has 0 radical (unpaired) electrons. The maximum Gasteiger partial charge on any atom is 0.460 e. The van der Waals surface area contributed by atoms with Gasteiger partial charge in [-0.1, -0.05) is 45.2 Å². The number of halogens is 18. The van der Waals surface area contributed by atoms with E-state index in [4.69, 9.17) is 9.11 Å². The molecule has 2 atom stereocenters. The summed E-state index contributed by atoms with van der Waals surface area (Å²) in [7, 11) is -14.4. The zero-order valence-electron chi connectivity index (χ0n) is 18.9. The second-order valence-corrected chi connectivity index (χ2v) is 14.3. The summed E-state index contributed by atoms with van der Waals surface area (Å²) in [4.78, 5) is 0. The highest BCUT2D eigenvalue weighted by atomic mass is 127. The van der Waals surface area contributed by atoms with E-state index in [1.807, 2.05) is 9.47 Å². The Morgan fingerprint density at radius 3 is 0.905 bits per heavy atom. The number of ether oxygens (including phenoxy) is 2. The van der Waals surface area contributed by atoms with E-state index in [0.29, 0.717) is 0 Å². The second-order valence-electron chi connectivity index (χ2n) is 7.84. The molecule has 0 aliphatic rings. The van der Waals surface area contributed by atoms with E-state index in [2.05, 4.69) is 0 Å². The highest BCUT2D eigenvalue weighted by Crippen LogP contribution is 2.50. The van der Waals surface area contributed by atoms with Crippen molar-refractivity contribution in [2.45, 2.75) is 80.3 Å². The van der Waals surface area contributed by atoms with Gasteiger partial charge in [-0.15, -0.1) is 0 Å². The first-order valence-electron chi connectivity index (χ1n) is 9.56. The van der Waals surface area contributed by atoms with Crippen molar-refractivity contribution in [1.29, 1.82) is 0 Å². The van der Waals surface area contributed by atoms with E-state index in [1.165, 1.54) is 0 Å². The van der Waals surface area contributed by atoms with Crippen LogP contribution in [0.3, 0.4) is 0 Å². The standard InChI is InChI=1S/C14H12F16I2O8S2/c15-7(16,9(19,20)39-11(23,24)13(27,28)41(33,34)35)3-5(31)1-2-6(32)4-8(17,18)10(21,22)40-12(25,26)14(29,30)42(36,37)38/h5-6H,1-4H2,(H,33,34,35)(H,36,37,38). The Hall–Kier alpha value is 0.0800. The van der Waals surface area contributed by atoms with Crippen LogP contribution >= 0.6 is 45.2 Å². The van der Waals surface area contributed by atoms with Crippen LogP contribution in [0.15, 0.2) is 0 Å². The lowest BCUT2D eigenvalue weighted by atomic mass is 10.0. The van der Waals surface area contributed by atoms with Crippen LogP contribution < -0.4 is 0 Å². The number of hydrogen-bond donors (Lipinski definition) is 2. The summed E-state index contributed by atoms with van der Waals surface area (Å²) in [6.07, 6.45) is -33.8. The molecule has 2 N–H and O–H groups in total. The fourth-order valence-corrected chi connectivity index (χ4v) is 4.76. The summed E-state index contributed by atoms with van der Waals surface area (Å²) in [5.41, 5.74) is 0. The third-order valence-corrected chi connectivity index (χ3v) is 8.34. The van der Waals surface area contributed by atoms with Crippen molar-refractivity contribution in [2.24, 2.45) is 0 Å². The molecule has 0 aliphatic carbocycles. The first-order chi connectivity index (χ1) is 17.9. The maximum absolute atomic E-state index is 13.9. The molecule has 0 rings (SSSR count). The quantitative estimate of drug-likeness (QED) is 0.0708. The van der Waals surface area contributed by atoms with Gasteiger partial charge in [-0.2, -0.15) is 87.1 Å². The van der Waals surface area contributed by atoms with E-state index in [1.54, 1.807) is 0 Å². The van der Waals surface area contributed by atoms with Crippen LogP contribution in [0.2, 0.25) is 0 Å². The lowest BCUT2D eigenvalue weighted by Crippen LogP contribution is -2.56. The zero-order chi connectivity index (χ0) is 34.4. The molecule has 0 spiro atoms. The van der Waals surface area contributed by atoms with Gasteiger partial charge < -0.3 is 0 Å². The molecule has 42 heavy (non-hydrogen) atoms. The maximum atomic E-state index is 13.9. The third kappa shape index (κ3) is 9.31. The number of alkyl halides is 18. The predicted octanol–water partition coefficient (Wildman–Crippen LogP) is 6.79. The smallest absolute Gasteiger partial charge is 0.281 e. The van der Waals surface area contributed by atoms with Crippen molar-refractivity contribution in [1.82, 2.24) is 0 Å². The summed E-state index contributed by atoms with van der Waals surface area (Å²) in [6, 6.07) is 0. The van der Waals surface area contributed by atoms with Crippen LogP contribution in [0.1, 0.15) is 25.7 Å². The minimum Gasteiger partial charge on any atom is -0.281 e. The molecular formula is C14H12F16I2O8S2. The molecule has 0 saturated heterocycles. The Bertz CT molecular complexity index is 1080. The minimum absolute atomic E-state index is 0.827. The van der Waals surface area contributed by atoms with Gasteiger partial charge in [0.25, 0.3) is 0 Å². The summed E-state index contributed by atoms with van der Waals surface area (Å²) in [5, 5.41) is -13.7. The molecule has 0 bridgehead atoms. The lowest BCUT2D eigenvalue weighted by molar-refractivity contribution is -0.457. The van der Waals surface area contributed by atoms with Crippen LogP contribution in [0.4, 0.5) is 70.2 Å². The fourth-order valence-electron chi connectivity index (χ4n) is 2.25. The molecule has 0 aromatic carbocycles. The molecule has 0 fully saturated rings. The molecular weight excluding hydrogens is 918 g/mol. The molecule has 28 heteroatoms. The topological polar surface area (TPSA) is 127 Å². The molecule has 254 valence electrons. The normalized spacial score (nSPS) is 17.3. The van der Waals surface area contributed by atoms with Crippen LogP contribution in [-0.4, -0.2) is 80.6 Å². The monoisotopic (exact) mass is 930 g/mol. The Morgan fingerprint density at radius 1 is 0.500 bits per heavy atom. The number of hydrogen-bond acceptors (Lipinski definition) is 6. The van der Waals surface area contributed by atoms with Gasteiger partial charge in [-0.25, -0.2) is 9.47 Å². The first-order valence-corrected chi connectivity index (χ1v) is 14.9. The molecule has 0 aromatic heterocycles. The predicted molar refractivity (Wildman–Crippen MR) is 119 cm³/mol. The van der Waals surface area contributed by atoms with Crippen molar-refractivity contribution >= 4 is 65.4 Å². The summed E-state index contributed by atoms with van der Waals surface area (Å²) in [6.45, 7) is 0. The van der Waals surface area contributed by atoms with E-state index >= 15 is 0 Å². The van der Waals surface area contributed by atoms with Crippen LogP contribution in [0.5, 0.6) is 0 Å². The Balaban J connectivity index is 5.50. The Kier molecular flexibility index (Phi) is 12.7. The van der Waals surface area contributed by atoms with Crippen molar-refractivity contribution in [2.75, 3.05) is 0 Å². The molecule has 0 heterocycles. The van der Waals surface area contributed by atoms with E-state index in [0.717, 1.165) is 45.2 Å². The van der Waals surface area contributed by atoms with E-state index in [9.17, 15) is 87.1 Å². The van der Waals surface area contributed by atoms with E-state index < -0.39 is 101 Å². The summed E-state index contributed by atoms with van der Waals surface area (Å²) >= 11 is 1.65. The van der Waals surface area contributed by atoms with Crippen molar-refractivity contribution < 1.29 is 106 Å². The summed E-state index contributed by atoms with van der Waals surface area (Å²) < 4.78 is 272. The largest absolute Gasteiger partial charge is 0.460 e.